The number of hydrogen-bond donors (Lipinski definition) is 1. The maximum atomic E-state index is 12.8. The van der Waals surface area contributed by atoms with Crippen molar-refractivity contribution in [2.75, 3.05) is 42.7 Å². The molecule has 0 aliphatic rings. The number of methoxy groups -OCH3 is 1. The summed E-state index contributed by atoms with van der Waals surface area (Å²) in [6, 6.07) is 15.7. The number of carbonyl (C=O) groups is 1. The Kier molecular flexibility index (Phi) is 7.90. The molecule has 0 radical (unpaired) electrons. The highest BCUT2D eigenvalue weighted by Gasteiger charge is 2.31. The Morgan fingerprint density at radius 1 is 1.10 bits per heavy atom. The minimum absolute atomic E-state index is 0.331. The first-order valence-electron chi connectivity index (χ1n) is 9.45. The molecule has 0 bridgehead atoms. The van der Waals surface area contributed by atoms with Gasteiger partial charge in [0.05, 0.1) is 19.1 Å². The zero-order valence-electron chi connectivity index (χ0n) is 17.3. The Morgan fingerprint density at radius 3 is 2.34 bits per heavy atom. The van der Waals surface area contributed by atoms with Crippen LogP contribution in [-0.4, -0.2) is 53.9 Å². The molecular weight excluding hydrogens is 390 g/mol. The van der Waals surface area contributed by atoms with E-state index in [0.29, 0.717) is 30.9 Å². The van der Waals surface area contributed by atoms with Crippen LogP contribution >= 0.6 is 0 Å². The number of benzene rings is 2. The molecule has 29 heavy (non-hydrogen) atoms. The van der Waals surface area contributed by atoms with Gasteiger partial charge in [-0.15, -0.1) is 0 Å². The summed E-state index contributed by atoms with van der Waals surface area (Å²) in [5.41, 5.74) is 1.44. The Labute approximate surface area is 173 Å². The molecule has 1 N–H and O–H groups in total. The zero-order valence-corrected chi connectivity index (χ0v) is 18.1. The van der Waals surface area contributed by atoms with Gasteiger partial charge in [0, 0.05) is 31.9 Å². The molecule has 0 saturated carbocycles. The molecule has 0 saturated heterocycles. The zero-order chi connectivity index (χ0) is 21.4. The number of nitrogens with one attached hydrogen (secondary N) is 1. The average molecular weight is 420 g/mol. The van der Waals surface area contributed by atoms with E-state index in [2.05, 4.69) is 5.32 Å². The molecule has 0 fully saturated rings. The van der Waals surface area contributed by atoms with Crippen molar-refractivity contribution >= 4 is 27.3 Å². The van der Waals surface area contributed by atoms with Crippen LogP contribution in [0.15, 0.2) is 54.6 Å². The standard InChI is InChI=1S/C21H29N3O4S/c1-5-20(21(25)22-14-15-23(2)17-10-7-6-8-11-17)24(29(4,26)27)18-12-9-13-19(16-18)28-3/h6-13,16,20H,5,14-15H2,1-4H3,(H,22,25). The number of anilines is 2. The van der Waals surface area contributed by atoms with Crippen LogP contribution in [0.25, 0.3) is 0 Å². The van der Waals surface area contributed by atoms with E-state index >= 15 is 0 Å². The monoisotopic (exact) mass is 419 g/mol. The Balaban J connectivity index is 2.12. The average Bonchev–Trinajstić information content (AvgIpc) is 2.71. The summed E-state index contributed by atoms with van der Waals surface area (Å²) >= 11 is 0. The molecule has 2 rings (SSSR count). The van der Waals surface area contributed by atoms with Crippen LogP contribution in [-0.2, 0) is 14.8 Å². The van der Waals surface area contributed by atoms with Gasteiger partial charge in [-0.2, -0.15) is 0 Å². The van der Waals surface area contributed by atoms with Gasteiger partial charge in [0.15, 0.2) is 0 Å². The molecule has 0 heterocycles. The lowest BCUT2D eigenvalue weighted by atomic mass is 10.2. The van der Waals surface area contributed by atoms with Crippen molar-refractivity contribution in [1.29, 1.82) is 0 Å². The van der Waals surface area contributed by atoms with Crippen LogP contribution in [0.2, 0.25) is 0 Å². The highest BCUT2D eigenvalue weighted by molar-refractivity contribution is 7.92. The van der Waals surface area contributed by atoms with Gasteiger partial charge in [0.1, 0.15) is 11.8 Å². The minimum atomic E-state index is -3.68. The minimum Gasteiger partial charge on any atom is -0.497 e. The normalized spacial score (nSPS) is 12.1. The third kappa shape index (κ3) is 6.12. The molecular formula is C21H29N3O4S. The van der Waals surface area contributed by atoms with Gasteiger partial charge < -0.3 is 15.0 Å². The molecule has 2 aromatic carbocycles. The van der Waals surface area contributed by atoms with Crippen molar-refractivity contribution in [3.8, 4) is 5.75 Å². The van der Waals surface area contributed by atoms with Gasteiger partial charge in [-0.3, -0.25) is 9.10 Å². The fourth-order valence-corrected chi connectivity index (χ4v) is 4.29. The summed E-state index contributed by atoms with van der Waals surface area (Å²) in [4.78, 5) is 14.9. The van der Waals surface area contributed by atoms with Crippen molar-refractivity contribution in [2.45, 2.75) is 19.4 Å². The molecule has 1 amide bonds. The summed E-state index contributed by atoms with van der Waals surface area (Å²) in [6.07, 6.45) is 1.44. The maximum Gasteiger partial charge on any atom is 0.243 e. The lowest BCUT2D eigenvalue weighted by Crippen LogP contribution is -2.50. The molecule has 0 aromatic heterocycles. The summed E-state index contributed by atoms with van der Waals surface area (Å²) in [5.74, 6) is 0.193. The van der Waals surface area contributed by atoms with E-state index in [0.717, 1.165) is 16.2 Å². The topological polar surface area (TPSA) is 79.0 Å². The lowest BCUT2D eigenvalue weighted by Gasteiger charge is -2.30. The predicted molar refractivity (Wildman–Crippen MR) is 117 cm³/mol. The summed E-state index contributed by atoms with van der Waals surface area (Å²) in [7, 11) is -0.224. The molecule has 0 aliphatic heterocycles. The summed E-state index contributed by atoms with van der Waals surface area (Å²) in [6.45, 7) is 2.79. The van der Waals surface area contributed by atoms with Crippen LogP contribution < -0.4 is 19.3 Å². The van der Waals surface area contributed by atoms with Crippen molar-refractivity contribution in [1.82, 2.24) is 5.32 Å². The van der Waals surface area contributed by atoms with E-state index in [1.165, 1.54) is 7.11 Å². The second kappa shape index (κ2) is 10.2. The smallest absolute Gasteiger partial charge is 0.243 e. The van der Waals surface area contributed by atoms with Gasteiger partial charge in [0.2, 0.25) is 15.9 Å². The second-order valence-electron chi connectivity index (χ2n) is 6.73. The third-order valence-corrected chi connectivity index (χ3v) is 5.76. The molecule has 7 nitrogen and oxygen atoms in total. The number of nitrogens with zero attached hydrogens (tertiary/aromatic N) is 2. The first kappa shape index (κ1) is 22.5. The first-order valence-corrected chi connectivity index (χ1v) is 11.3. The highest BCUT2D eigenvalue weighted by atomic mass is 32.2. The molecule has 158 valence electrons. The number of amides is 1. The Hall–Kier alpha value is -2.74. The number of likely N-dealkylation sites (N-methyl/N-ethyl adjacent to an activating group) is 1. The van der Waals surface area contributed by atoms with E-state index in [-0.39, 0.29) is 5.91 Å². The molecule has 0 spiro atoms. The molecule has 2 aromatic rings. The van der Waals surface area contributed by atoms with Crippen LogP contribution in [0, 0.1) is 0 Å². The molecule has 0 aliphatic carbocycles. The van der Waals surface area contributed by atoms with E-state index in [4.69, 9.17) is 4.74 Å². The predicted octanol–water partition coefficient (Wildman–Crippen LogP) is 2.49. The molecule has 8 heteroatoms. The number of hydrogen-bond acceptors (Lipinski definition) is 5. The van der Waals surface area contributed by atoms with Gasteiger partial charge in [-0.1, -0.05) is 31.2 Å². The van der Waals surface area contributed by atoms with Gasteiger partial charge in [-0.25, -0.2) is 8.42 Å². The number of ether oxygens (including phenoxy) is 1. The Morgan fingerprint density at radius 2 is 1.76 bits per heavy atom. The second-order valence-corrected chi connectivity index (χ2v) is 8.59. The largest absolute Gasteiger partial charge is 0.497 e. The highest BCUT2D eigenvalue weighted by Crippen LogP contribution is 2.26. The maximum absolute atomic E-state index is 12.8. The fraction of sp³-hybridized carbons (Fsp3) is 0.381. The molecule has 1 atom stereocenters. The number of rotatable bonds is 10. The summed E-state index contributed by atoms with van der Waals surface area (Å²) < 4.78 is 31.4. The van der Waals surface area contributed by atoms with E-state index in [1.54, 1.807) is 31.2 Å². The van der Waals surface area contributed by atoms with Crippen molar-refractivity contribution in [3.05, 3.63) is 54.6 Å². The first-order chi connectivity index (χ1) is 13.8. The number of sulfonamides is 1. The number of para-hydroxylation sites is 1. The van der Waals surface area contributed by atoms with Crippen molar-refractivity contribution in [3.63, 3.8) is 0 Å². The van der Waals surface area contributed by atoms with Crippen LogP contribution in [0.1, 0.15) is 13.3 Å². The van der Waals surface area contributed by atoms with E-state index in [1.807, 2.05) is 42.3 Å². The van der Waals surface area contributed by atoms with Crippen LogP contribution in [0.4, 0.5) is 11.4 Å². The van der Waals surface area contributed by atoms with Gasteiger partial charge in [-0.05, 0) is 30.7 Å². The quantitative estimate of drug-likeness (QED) is 0.640. The van der Waals surface area contributed by atoms with Crippen molar-refractivity contribution < 1.29 is 17.9 Å². The SMILES string of the molecule is CCC(C(=O)NCCN(C)c1ccccc1)N(c1cccc(OC)c1)S(C)(=O)=O. The Bertz CT molecular complexity index is 903. The molecule has 1 unspecified atom stereocenters. The van der Waals surface area contributed by atoms with Crippen LogP contribution in [0.3, 0.4) is 0 Å². The van der Waals surface area contributed by atoms with E-state index in [9.17, 15) is 13.2 Å². The fourth-order valence-electron chi connectivity index (χ4n) is 3.08. The lowest BCUT2D eigenvalue weighted by molar-refractivity contribution is -0.122. The third-order valence-electron chi connectivity index (χ3n) is 4.58. The van der Waals surface area contributed by atoms with Crippen molar-refractivity contribution in [2.24, 2.45) is 0 Å². The van der Waals surface area contributed by atoms with Gasteiger partial charge >= 0.3 is 0 Å². The number of carbonyl (C=O) groups excluding carboxylic acids is 1. The van der Waals surface area contributed by atoms with Crippen LogP contribution in [0.5, 0.6) is 5.75 Å². The van der Waals surface area contributed by atoms with Gasteiger partial charge in [0.25, 0.3) is 0 Å². The summed E-state index contributed by atoms with van der Waals surface area (Å²) in [5, 5.41) is 2.87. The van der Waals surface area contributed by atoms with E-state index < -0.39 is 16.1 Å².